The molecule has 0 saturated carbocycles. The van der Waals surface area contributed by atoms with Crippen LogP contribution in [0.1, 0.15) is 63.7 Å². The first-order valence-corrected chi connectivity index (χ1v) is 37.1. The van der Waals surface area contributed by atoms with E-state index in [9.17, 15) is 40.2 Å². The molecule has 0 bridgehead atoms. The van der Waals surface area contributed by atoms with Gasteiger partial charge >= 0.3 is 23.9 Å². The maximum atomic E-state index is 15.5. The van der Waals surface area contributed by atoms with E-state index in [-0.39, 0.29) is 85.6 Å². The molecule has 2 aliphatic heterocycles. The van der Waals surface area contributed by atoms with Crippen LogP contribution in [-0.2, 0) is 92.7 Å². The Morgan fingerprint density at radius 1 is 0.289 bits per heavy atom. The number of hydrogen-bond acceptors (Lipinski definition) is 37. The van der Waals surface area contributed by atoms with E-state index in [2.05, 4.69) is 0 Å². The third-order valence-corrected chi connectivity index (χ3v) is 17.6. The van der Waals surface area contributed by atoms with Gasteiger partial charge < -0.3 is 159 Å². The molecule has 2 fully saturated rings. The molecule has 2 aliphatic rings. The predicted octanol–water partition coefficient (Wildman–Crippen LogP) is 7.30. The molecule has 2 heterocycles. The summed E-state index contributed by atoms with van der Waals surface area (Å²) in [4.78, 5) is 60.2. The molecule has 37 heteroatoms. The summed E-state index contributed by atoms with van der Waals surface area (Å²) in [5, 5.41) is 70.2. The Kier molecular flexibility index (Phi) is 35.5. The second kappa shape index (κ2) is 46.8. The lowest BCUT2D eigenvalue weighted by molar-refractivity contribution is -0.284. The van der Waals surface area contributed by atoms with Crippen molar-refractivity contribution < 1.29 is 178 Å². The molecular formula is C84H94O37. The van der Waals surface area contributed by atoms with Gasteiger partial charge in [-0.25, -0.2) is 19.2 Å². The number of benzene rings is 8. The first-order valence-electron chi connectivity index (χ1n) is 37.1. The summed E-state index contributed by atoms with van der Waals surface area (Å²) in [5.41, 5.74) is 0.820. The molecule has 10 rings (SSSR count). The van der Waals surface area contributed by atoms with E-state index in [4.69, 9.17) is 128 Å². The fraction of sp³-hybridized carbons (Fsp3) is 0.381. The molecule has 0 radical (unpaired) electrons. The molecule has 0 unspecified atom stereocenters. The number of aliphatic hydroxyl groups is 6. The summed E-state index contributed by atoms with van der Waals surface area (Å²) < 4.78 is 158. The van der Waals surface area contributed by atoms with Crippen molar-refractivity contribution in [2.75, 3.05) is 124 Å². The van der Waals surface area contributed by atoms with Crippen LogP contribution in [0.3, 0.4) is 0 Å². The van der Waals surface area contributed by atoms with Gasteiger partial charge in [-0.05, 0) is 46.5 Å². The van der Waals surface area contributed by atoms with Gasteiger partial charge in [0.25, 0.3) is 0 Å². The van der Waals surface area contributed by atoms with Gasteiger partial charge in [0.15, 0.2) is 113 Å². The maximum Gasteiger partial charge on any atom is 0.344 e. The number of rotatable bonds is 48. The summed E-state index contributed by atoms with van der Waals surface area (Å²) in [7, 11) is 10.2. The van der Waals surface area contributed by atoms with E-state index in [1.165, 1.54) is 81.1 Å². The van der Waals surface area contributed by atoms with Gasteiger partial charge in [0.05, 0.1) is 24.3 Å². The highest BCUT2D eigenvalue weighted by atomic mass is 16.8. The van der Waals surface area contributed by atoms with Crippen LogP contribution in [0.5, 0.6) is 80.5 Å². The zero-order valence-electron chi connectivity index (χ0n) is 67.0. The van der Waals surface area contributed by atoms with Crippen molar-refractivity contribution in [3.8, 4) is 80.5 Å². The van der Waals surface area contributed by atoms with E-state index < -0.39 is 196 Å². The topological polar surface area (TPSA) is 439 Å². The zero-order valence-corrected chi connectivity index (χ0v) is 67.0. The number of carbonyl (C=O) groups excluding carboxylic acids is 4. The van der Waals surface area contributed by atoms with Gasteiger partial charge in [0.1, 0.15) is 74.2 Å². The summed E-state index contributed by atoms with van der Waals surface area (Å²) >= 11 is 0. The van der Waals surface area contributed by atoms with E-state index in [1.807, 2.05) is 24.3 Å². The first kappa shape index (κ1) is 91.7. The Morgan fingerprint density at radius 2 is 0.545 bits per heavy atom. The molecule has 121 heavy (non-hydrogen) atoms. The van der Waals surface area contributed by atoms with Crippen molar-refractivity contribution in [3.63, 3.8) is 0 Å². The van der Waals surface area contributed by atoms with Crippen LogP contribution in [0.2, 0.25) is 0 Å². The minimum absolute atomic E-state index is 0.0132. The predicted molar refractivity (Wildman–Crippen MR) is 414 cm³/mol. The van der Waals surface area contributed by atoms with Crippen LogP contribution in [0.15, 0.2) is 158 Å². The van der Waals surface area contributed by atoms with Crippen LogP contribution < -0.4 is 61.6 Å². The lowest BCUT2D eigenvalue weighted by atomic mass is 9.98. The minimum atomic E-state index is -2.35. The van der Waals surface area contributed by atoms with Gasteiger partial charge in [0, 0.05) is 69.0 Å². The van der Waals surface area contributed by atoms with E-state index in [0.29, 0.717) is 0 Å². The smallest absolute Gasteiger partial charge is 0.344 e. The summed E-state index contributed by atoms with van der Waals surface area (Å²) in [5.74, 6) is -10.1. The van der Waals surface area contributed by atoms with Crippen LogP contribution in [0, 0.1) is 0 Å². The van der Waals surface area contributed by atoms with Crippen LogP contribution in [-0.4, -0.2) is 240 Å². The highest BCUT2D eigenvalue weighted by Crippen LogP contribution is 2.55. The van der Waals surface area contributed by atoms with Crippen molar-refractivity contribution >= 4 is 23.9 Å². The number of aliphatic hydroxyl groups excluding tert-OH is 6. The highest BCUT2D eigenvalue weighted by Gasteiger charge is 2.51. The fourth-order valence-corrected chi connectivity index (χ4v) is 11.9. The second-order valence-corrected chi connectivity index (χ2v) is 26.0. The number of ether oxygens (including phenoxy) is 27. The largest absolute Gasteiger partial charge is 0.485 e. The number of carbonyl (C=O) groups is 4. The van der Waals surface area contributed by atoms with E-state index in [0.717, 1.165) is 34.4 Å². The average molecular weight is 1700 g/mol. The Hall–Kier alpha value is -11.6. The molecule has 2 saturated heterocycles. The molecule has 652 valence electrons. The standard InChI is InChI=1S/C84H94O37/c1-95-41-107-61-33-55(81(93)120-83-67(89)65(87)73(63(35-85)115-83)118-79(91)53-29-57(103-37-49-21-13-9-14-22-49)71(109-43-97-3)58(30-53)104-38-50-23-15-10-16-24-50)69(77(113-47-101-7)75(61)111-45-99-5)117-70-56(34-62(108-42-96-2)76(112-46-100-6)78(70)114-48-102-8)82(94)121-84-68(90)66(88)74(64(36-86)116-84)119-80(92)54-31-59(105-39-51-25-17-11-18-26-51)72(110-44-98-4)60(32-54)106-40-52-27-19-12-20-28-52/h9-34,63-68,73-74,83-90H,35-48H2,1-8H3/t63-,64-,65-,66-,67-,68-,73-,74-,83+,84+/m1/s1. The highest BCUT2D eigenvalue weighted by molar-refractivity contribution is 5.98. The summed E-state index contributed by atoms with van der Waals surface area (Å²) in [6.07, 6.45) is -21.3. The van der Waals surface area contributed by atoms with E-state index >= 15 is 9.59 Å². The van der Waals surface area contributed by atoms with Crippen molar-refractivity contribution in [2.45, 2.75) is 87.8 Å². The minimum Gasteiger partial charge on any atom is -0.485 e. The zero-order chi connectivity index (χ0) is 86.2. The van der Waals surface area contributed by atoms with Gasteiger partial charge in [-0.2, -0.15) is 0 Å². The van der Waals surface area contributed by atoms with Gasteiger partial charge in [-0.1, -0.05) is 121 Å². The molecular weight excluding hydrogens is 1600 g/mol. The number of hydrogen-bond donors (Lipinski definition) is 6. The average Bonchev–Trinajstić information content (AvgIpc) is 0.752. The van der Waals surface area contributed by atoms with Gasteiger partial charge in [0.2, 0.25) is 47.1 Å². The second-order valence-electron chi connectivity index (χ2n) is 26.0. The Bertz CT molecular complexity index is 4160. The lowest BCUT2D eigenvalue weighted by Gasteiger charge is -2.41. The quantitative estimate of drug-likeness (QED) is 0.0124. The third-order valence-electron chi connectivity index (χ3n) is 17.6. The van der Waals surface area contributed by atoms with E-state index in [1.54, 1.807) is 97.1 Å². The molecule has 8 aromatic rings. The maximum absolute atomic E-state index is 15.5. The first-order chi connectivity index (χ1) is 58.9. The molecule has 0 spiro atoms. The molecule has 0 amide bonds. The molecule has 37 nitrogen and oxygen atoms in total. The van der Waals surface area contributed by atoms with Crippen molar-refractivity contribution in [3.05, 3.63) is 202 Å². The molecule has 10 atom stereocenters. The van der Waals surface area contributed by atoms with Crippen molar-refractivity contribution in [1.82, 2.24) is 0 Å². The summed E-state index contributed by atoms with van der Waals surface area (Å²) in [6, 6.07) is 43.1. The van der Waals surface area contributed by atoms with Gasteiger partial charge in [-0.3, -0.25) is 0 Å². The summed E-state index contributed by atoms with van der Waals surface area (Å²) in [6.45, 7) is -6.56. The lowest BCUT2D eigenvalue weighted by Crippen LogP contribution is -2.60. The monoisotopic (exact) mass is 1690 g/mol. The Labute approximate surface area is 693 Å². The van der Waals surface area contributed by atoms with Crippen LogP contribution in [0.4, 0.5) is 0 Å². The van der Waals surface area contributed by atoms with Crippen LogP contribution in [0.25, 0.3) is 0 Å². The van der Waals surface area contributed by atoms with Crippen molar-refractivity contribution in [2.24, 2.45) is 0 Å². The Balaban J connectivity index is 0.998. The molecule has 8 aromatic carbocycles. The number of methoxy groups -OCH3 is 8. The number of esters is 4. The molecule has 0 aliphatic carbocycles. The van der Waals surface area contributed by atoms with Gasteiger partial charge in [-0.15, -0.1) is 0 Å². The normalized spacial score (nSPS) is 18.6. The Morgan fingerprint density at radius 3 is 0.818 bits per heavy atom. The van der Waals surface area contributed by atoms with Crippen LogP contribution >= 0.6 is 0 Å². The molecule has 0 aromatic heterocycles. The van der Waals surface area contributed by atoms with Crippen molar-refractivity contribution in [1.29, 1.82) is 0 Å². The molecule has 6 N–H and O–H groups in total. The fourth-order valence-electron chi connectivity index (χ4n) is 11.9. The SMILES string of the molecule is COCOc1cc(C(=O)O[C@@H]2O[C@H](CO)[C@@H](OC(=O)c3cc(OCc4ccccc4)c(OCOC)c(OCc4ccccc4)c3)[C@H](O)[C@H]2O)c(Oc2c(C(=O)O[C@@H]3O[C@H](CO)[C@@H](OC(=O)c4cc(OCc5ccccc5)c(OCOC)c(OCc5ccccc5)c4)[C@H](O)[C@H]3O)cc(OCOC)c(OCOC)c2OCOC)c(OCOC)c1OCOC. The third kappa shape index (κ3) is 24.4.